The standard InChI is InChI=1S/C23H22N2O3S/c1-15-6-4-7-16(2)21(15)24-22(27)23(19-8-5-13-29-19)14-20(26)25(23)17-9-11-18(28-3)12-10-17/h4-13H,14H2,1-3H3,(H,24,27)/t23-/m0/s1. The van der Waals surface area contributed by atoms with Crippen molar-refractivity contribution in [1.29, 1.82) is 0 Å². The minimum atomic E-state index is -1.06. The molecule has 2 heterocycles. The van der Waals surface area contributed by atoms with Crippen molar-refractivity contribution >= 4 is 34.5 Å². The first-order valence-corrected chi connectivity index (χ1v) is 10.2. The highest BCUT2D eigenvalue weighted by Crippen LogP contribution is 2.47. The van der Waals surface area contributed by atoms with E-state index in [9.17, 15) is 9.59 Å². The second-order valence-electron chi connectivity index (χ2n) is 7.16. The number of nitrogens with one attached hydrogen (secondary N) is 1. The summed E-state index contributed by atoms with van der Waals surface area (Å²) in [6.45, 7) is 3.93. The Labute approximate surface area is 173 Å². The van der Waals surface area contributed by atoms with Gasteiger partial charge in [0.25, 0.3) is 5.91 Å². The van der Waals surface area contributed by atoms with Gasteiger partial charge in [0, 0.05) is 16.3 Å². The molecular weight excluding hydrogens is 384 g/mol. The smallest absolute Gasteiger partial charge is 0.256 e. The summed E-state index contributed by atoms with van der Waals surface area (Å²) >= 11 is 1.48. The van der Waals surface area contributed by atoms with Crippen LogP contribution in [0.5, 0.6) is 5.75 Å². The molecule has 0 aliphatic carbocycles. The summed E-state index contributed by atoms with van der Waals surface area (Å²) in [6.07, 6.45) is 0.135. The van der Waals surface area contributed by atoms with Crippen LogP contribution in [-0.4, -0.2) is 18.9 Å². The lowest BCUT2D eigenvalue weighted by molar-refractivity contribution is -0.137. The fraction of sp³-hybridized carbons (Fsp3) is 0.217. The highest BCUT2D eigenvalue weighted by molar-refractivity contribution is 7.10. The number of amides is 2. The number of carbonyl (C=O) groups excluding carboxylic acids is 2. The molecule has 0 saturated carbocycles. The third-order valence-electron chi connectivity index (χ3n) is 5.39. The number of para-hydroxylation sites is 1. The molecule has 4 rings (SSSR count). The molecule has 1 N–H and O–H groups in total. The zero-order chi connectivity index (χ0) is 20.6. The van der Waals surface area contributed by atoms with Crippen LogP contribution in [0.25, 0.3) is 0 Å². The SMILES string of the molecule is COc1ccc(N2C(=O)C[C@@]2(C(=O)Nc2c(C)cccc2C)c2cccs2)cc1. The molecule has 1 atom stereocenters. The number of thiophene rings is 1. The number of hydrogen-bond donors (Lipinski definition) is 1. The van der Waals surface area contributed by atoms with Crippen molar-refractivity contribution < 1.29 is 14.3 Å². The zero-order valence-corrected chi connectivity index (χ0v) is 17.4. The molecule has 0 radical (unpaired) electrons. The van der Waals surface area contributed by atoms with Crippen LogP contribution in [0.15, 0.2) is 60.0 Å². The van der Waals surface area contributed by atoms with Crippen LogP contribution in [-0.2, 0) is 15.1 Å². The number of anilines is 2. The molecule has 1 fully saturated rings. The Kier molecular flexibility index (Phi) is 4.88. The van der Waals surface area contributed by atoms with Gasteiger partial charge in [-0.15, -0.1) is 11.3 Å². The molecular formula is C23H22N2O3S. The van der Waals surface area contributed by atoms with Crippen LogP contribution in [0, 0.1) is 13.8 Å². The molecule has 0 spiro atoms. The van der Waals surface area contributed by atoms with Gasteiger partial charge in [-0.2, -0.15) is 0 Å². The summed E-state index contributed by atoms with van der Waals surface area (Å²) < 4.78 is 5.22. The Bertz CT molecular complexity index is 1040. The van der Waals surface area contributed by atoms with Crippen molar-refractivity contribution in [3.63, 3.8) is 0 Å². The van der Waals surface area contributed by atoms with E-state index >= 15 is 0 Å². The molecule has 29 heavy (non-hydrogen) atoms. The van der Waals surface area contributed by atoms with Gasteiger partial charge < -0.3 is 10.1 Å². The van der Waals surface area contributed by atoms with E-state index in [2.05, 4.69) is 5.32 Å². The van der Waals surface area contributed by atoms with E-state index in [0.29, 0.717) is 11.4 Å². The average molecular weight is 407 g/mol. The molecule has 148 valence electrons. The van der Waals surface area contributed by atoms with Gasteiger partial charge in [-0.25, -0.2) is 0 Å². The summed E-state index contributed by atoms with van der Waals surface area (Å²) in [7, 11) is 1.59. The third kappa shape index (κ3) is 3.09. The van der Waals surface area contributed by atoms with E-state index in [-0.39, 0.29) is 18.2 Å². The molecule has 0 bridgehead atoms. The van der Waals surface area contributed by atoms with Crippen LogP contribution in [0.3, 0.4) is 0 Å². The van der Waals surface area contributed by atoms with Crippen molar-refractivity contribution in [2.24, 2.45) is 0 Å². The van der Waals surface area contributed by atoms with E-state index in [1.165, 1.54) is 11.3 Å². The first-order chi connectivity index (χ1) is 14.0. The van der Waals surface area contributed by atoms with Crippen molar-refractivity contribution in [3.05, 3.63) is 76.0 Å². The summed E-state index contributed by atoms with van der Waals surface area (Å²) in [4.78, 5) is 28.8. The van der Waals surface area contributed by atoms with Crippen LogP contribution in [0.2, 0.25) is 0 Å². The Hall–Kier alpha value is -3.12. The number of rotatable bonds is 5. The lowest BCUT2D eigenvalue weighted by Gasteiger charge is -2.50. The lowest BCUT2D eigenvalue weighted by Crippen LogP contribution is -2.67. The van der Waals surface area contributed by atoms with E-state index in [1.807, 2.05) is 61.7 Å². The minimum Gasteiger partial charge on any atom is -0.497 e. The van der Waals surface area contributed by atoms with Gasteiger partial charge in [0.2, 0.25) is 5.91 Å². The molecule has 1 aliphatic heterocycles. The van der Waals surface area contributed by atoms with Crippen LogP contribution >= 0.6 is 11.3 Å². The summed E-state index contributed by atoms with van der Waals surface area (Å²) in [5.41, 5.74) is 2.38. The maximum Gasteiger partial charge on any atom is 0.256 e. The highest BCUT2D eigenvalue weighted by Gasteiger charge is 2.59. The molecule has 3 aromatic rings. The molecule has 2 aromatic carbocycles. The number of ether oxygens (including phenoxy) is 1. The molecule has 6 heteroatoms. The first-order valence-electron chi connectivity index (χ1n) is 9.36. The quantitative estimate of drug-likeness (QED) is 0.628. The normalized spacial score (nSPS) is 18.3. The van der Waals surface area contributed by atoms with Gasteiger partial charge in [-0.05, 0) is 60.7 Å². The Morgan fingerprint density at radius 1 is 1.07 bits per heavy atom. The summed E-state index contributed by atoms with van der Waals surface area (Å²) in [5.74, 6) is 0.413. The third-order valence-corrected chi connectivity index (χ3v) is 6.41. The summed E-state index contributed by atoms with van der Waals surface area (Å²) in [6, 6.07) is 16.9. The highest BCUT2D eigenvalue weighted by atomic mass is 32.1. The van der Waals surface area contributed by atoms with Gasteiger partial charge >= 0.3 is 0 Å². The number of methoxy groups -OCH3 is 1. The van der Waals surface area contributed by atoms with Crippen LogP contribution < -0.4 is 15.0 Å². The number of benzene rings is 2. The van der Waals surface area contributed by atoms with Crippen LogP contribution in [0.1, 0.15) is 22.4 Å². The molecule has 1 saturated heterocycles. The first kappa shape index (κ1) is 19.2. The summed E-state index contributed by atoms with van der Waals surface area (Å²) in [5, 5.41) is 5.03. The van der Waals surface area contributed by atoms with Gasteiger partial charge in [-0.3, -0.25) is 14.5 Å². The van der Waals surface area contributed by atoms with Crippen molar-refractivity contribution in [1.82, 2.24) is 0 Å². The number of carbonyl (C=O) groups is 2. The maximum atomic E-state index is 13.6. The van der Waals surface area contributed by atoms with Crippen LogP contribution in [0.4, 0.5) is 11.4 Å². The van der Waals surface area contributed by atoms with E-state index < -0.39 is 5.54 Å². The molecule has 1 aliphatic rings. The molecule has 0 unspecified atom stereocenters. The predicted octanol–water partition coefficient (Wildman–Crippen LogP) is 4.64. The van der Waals surface area contributed by atoms with Gasteiger partial charge in [0.15, 0.2) is 5.54 Å². The lowest BCUT2D eigenvalue weighted by atomic mass is 9.80. The Morgan fingerprint density at radius 3 is 2.31 bits per heavy atom. The Balaban J connectivity index is 1.77. The number of hydrogen-bond acceptors (Lipinski definition) is 4. The second-order valence-corrected chi connectivity index (χ2v) is 8.11. The van der Waals surface area contributed by atoms with Gasteiger partial charge in [0.1, 0.15) is 5.75 Å². The molecule has 5 nitrogen and oxygen atoms in total. The Morgan fingerprint density at radius 2 is 1.76 bits per heavy atom. The second kappa shape index (κ2) is 7.37. The fourth-order valence-corrected chi connectivity index (χ4v) is 4.74. The average Bonchev–Trinajstić information content (AvgIpc) is 3.24. The van der Waals surface area contributed by atoms with Crippen molar-refractivity contribution in [2.75, 3.05) is 17.3 Å². The van der Waals surface area contributed by atoms with E-state index in [4.69, 9.17) is 4.74 Å². The predicted molar refractivity (Wildman–Crippen MR) is 116 cm³/mol. The maximum absolute atomic E-state index is 13.6. The van der Waals surface area contributed by atoms with Gasteiger partial charge in [-0.1, -0.05) is 24.3 Å². The molecule has 1 aromatic heterocycles. The van der Waals surface area contributed by atoms with Gasteiger partial charge in [0.05, 0.1) is 13.5 Å². The number of nitrogens with zero attached hydrogens (tertiary/aromatic N) is 1. The topological polar surface area (TPSA) is 58.6 Å². The fourth-order valence-electron chi connectivity index (χ4n) is 3.83. The monoisotopic (exact) mass is 406 g/mol. The zero-order valence-electron chi connectivity index (χ0n) is 16.6. The van der Waals surface area contributed by atoms with E-state index in [1.54, 1.807) is 24.1 Å². The van der Waals surface area contributed by atoms with Crippen molar-refractivity contribution in [2.45, 2.75) is 25.8 Å². The minimum absolute atomic E-state index is 0.0831. The number of aryl methyl sites for hydroxylation is 2. The van der Waals surface area contributed by atoms with Crippen molar-refractivity contribution in [3.8, 4) is 5.75 Å². The number of β-lactam (4-membered cyclic amide) rings is 1. The largest absolute Gasteiger partial charge is 0.497 e. The molecule has 2 amide bonds. The van der Waals surface area contributed by atoms with E-state index in [0.717, 1.165) is 21.7 Å².